The highest BCUT2D eigenvalue weighted by Gasteiger charge is 2.30. The molecule has 1 heterocycles. The van der Waals surface area contributed by atoms with Crippen molar-refractivity contribution in [3.8, 4) is 16.8 Å². The highest BCUT2D eigenvalue weighted by Crippen LogP contribution is 2.32. The van der Waals surface area contributed by atoms with Crippen molar-refractivity contribution in [1.29, 1.82) is 0 Å². The maximum Gasteiger partial charge on any atom is 0.416 e. The van der Waals surface area contributed by atoms with Crippen LogP contribution in [0, 0.1) is 0 Å². The number of hydrogen-bond acceptors (Lipinski definition) is 3. The van der Waals surface area contributed by atoms with Crippen LogP contribution in [0.15, 0.2) is 65.8 Å². The maximum absolute atomic E-state index is 12.8. The number of rotatable bonds is 3. The van der Waals surface area contributed by atoms with E-state index in [1.165, 1.54) is 41.2 Å². The van der Waals surface area contributed by atoms with Crippen molar-refractivity contribution in [2.75, 3.05) is 0 Å². The van der Waals surface area contributed by atoms with E-state index in [4.69, 9.17) is 5.14 Å². The Morgan fingerprint density at radius 2 is 1.68 bits per heavy atom. The van der Waals surface area contributed by atoms with Crippen LogP contribution < -0.4 is 5.14 Å². The fraction of sp³-hybridized carbons (Fsp3) is 0.0625. The average molecular weight is 367 g/mol. The number of halogens is 3. The van der Waals surface area contributed by atoms with Crippen LogP contribution in [0.25, 0.3) is 16.8 Å². The minimum absolute atomic E-state index is 0.0403. The van der Waals surface area contributed by atoms with E-state index in [-0.39, 0.29) is 4.90 Å². The Morgan fingerprint density at radius 1 is 1.00 bits per heavy atom. The number of hydrogen-bond donors (Lipinski definition) is 1. The van der Waals surface area contributed by atoms with E-state index >= 15 is 0 Å². The Kier molecular flexibility index (Phi) is 4.13. The standard InChI is InChI=1S/C16H12F3N3O2S/c17-16(18,19)13-3-1-2-11(8-13)12-9-21-22(10-12)14-4-6-15(7-5-14)25(20,23)24/h1-10H,(H2,20,23,24). The highest BCUT2D eigenvalue weighted by molar-refractivity contribution is 7.89. The second kappa shape index (κ2) is 6.01. The lowest BCUT2D eigenvalue weighted by Gasteiger charge is -2.07. The Labute approximate surface area is 141 Å². The van der Waals surface area contributed by atoms with Gasteiger partial charge in [-0.1, -0.05) is 12.1 Å². The van der Waals surface area contributed by atoms with Crippen LogP contribution >= 0.6 is 0 Å². The minimum atomic E-state index is -4.42. The number of aromatic nitrogens is 2. The van der Waals surface area contributed by atoms with E-state index in [2.05, 4.69) is 5.10 Å². The molecule has 0 spiro atoms. The highest BCUT2D eigenvalue weighted by atomic mass is 32.2. The van der Waals surface area contributed by atoms with Crippen LogP contribution in [0.3, 0.4) is 0 Å². The molecule has 2 N–H and O–H groups in total. The third kappa shape index (κ3) is 3.72. The molecule has 0 atom stereocenters. The summed E-state index contributed by atoms with van der Waals surface area (Å²) in [7, 11) is -3.79. The van der Waals surface area contributed by atoms with Gasteiger partial charge in [0, 0.05) is 11.8 Å². The molecular formula is C16H12F3N3O2S. The van der Waals surface area contributed by atoms with Gasteiger partial charge in [-0.3, -0.25) is 0 Å². The SMILES string of the molecule is NS(=O)(=O)c1ccc(-n2cc(-c3cccc(C(F)(F)F)c3)cn2)cc1. The van der Waals surface area contributed by atoms with Gasteiger partial charge in [-0.25, -0.2) is 18.2 Å². The van der Waals surface area contributed by atoms with Crippen molar-refractivity contribution in [3.63, 3.8) is 0 Å². The lowest BCUT2D eigenvalue weighted by molar-refractivity contribution is -0.137. The molecule has 0 aliphatic carbocycles. The minimum Gasteiger partial charge on any atom is -0.240 e. The summed E-state index contributed by atoms with van der Waals surface area (Å²) in [6.07, 6.45) is -1.43. The molecule has 0 saturated carbocycles. The van der Waals surface area contributed by atoms with Crippen molar-refractivity contribution in [1.82, 2.24) is 9.78 Å². The van der Waals surface area contributed by atoms with Gasteiger partial charge in [-0.05, 0) is 42.0 Å². The second-order valence-corrected chi connectivity index (χ2v) is 6.85. The van der Waals surface area contributed by atoms with Crippen LogP contribution in [0.4, 0.5) is 13.2 Å². The molecule has 3 rings (SSSR count). The van der Waals surface area contributed by atoms with Crippen LogP contribution in [0.2, 0.25) is 0 Å². The van der Waals surface area contributed by atoms with E-state index in [0.717, 1.165) is 12.1 Å². The molecule has 9 heteroatoms. The van der Waals surface area contributed by atoms with E-state index in [1.807, 2.05) is 0 Å². The molecule has 25 heavy (non-hydrogen) atoms. The molecule has 1 aromatic heterocycles. The molecule has 0 unspecified atom stereocenters. The van der Waals surface area contributed by atoms with Gasteiger partial charge in [0.25, 0.3) is 0 Å². The summed E-state index contributed by atoms with van der Waals surface area (Å²) in [5, 5.41) is 9.13. The molecule has 3 aromatic rings. The Bertz CT molecular complexity index is 1010. The molecule has 0 saturated heterocycles. The largest absolute Gasteiger partial charge is 0.416 e. The van der Waals surface area contributed by atoms with Gasteiger partial charge in [0.05, 0.1) is 22.3 Å². The number of alkyl halides is 3. The van der Waals surface area contributed by atoms with Gasteiger partial charge < -0.3 is 0 Å². The fourth-order valence-electron chi connectivity index (χ4n) is 2.28. The summed E-state index contributed by atoms with van der Waals surface area (Å²) in [4.78, 5) is -0.0403. The summed E-state index contributed by atoms with van der Waals surface area (Å²) in [5.74, 6) is 0. The van der Waals surface area contributed by atoms with Gasteiger partial charge >= 0.3 is 6.18 Å². The van der Waals surface area contributed by atoms with E-state index in [0.29, 0.717) is 16.8 Å². The number of nitrogens with two attached hydrogens (primary N) is 1. The average Bonchev–Trinajstić information content (AvgIpc) is 3.03. The monoisotopic (exact) mass is 367 g/mol. The van der Waals surface area contributed by atoms with Gasteiger partial charge in [0.2, 0.25) is 10.0 Å². The van der Waals surface area contributed by atoms with E-state index in [9.17, 15) is 21.6 Å². The summed E-state index contributed by atoms with van der Waals surface area (Å²) in [6.45, 7) is 0. The number of primary sulfonamides is 1. The zero-order valence-corrected chi connectivity index (χ0v) is 13.4. The predicted molar refractivity (Wildman–Crippen MR) is 85.4 cm³/mol. The first-order valence-corrected chi connectivity index (χ1v) is 8.55. The van der Waals surface area contributed by atoms with Crippen LogP contribution in [-0.4, -0.2) is 18.2 Å². The molecule has 0 aliphatic heterocycles. The predicted octanol–water partition coefficient (Wildman–Crippen LogP) is 3.21. The summed E-state index contributed by atoms with van der Waals surface area (Å²) in [5.41, 5.74) is 0.685. The molecule has 130 valence electrons. The first-order valence-electron chi connectivity index (χ1n) is 7.00. The third-order valence-electron chi connectivity index (χ3n) is 3.54. The third-order valence-corrected chi connectivity index (χ3v) is 4.46. The molecule has 0 aliphatic rings. The topological polar surface area (TPSA) is 78.0 Å². The lowest BCUT2D eigenvalue weighted by Crippen LogP contribution is -2.12. The van der Waals surface area contributed by atoms with Crippen LogP contribution in [0.1, 0.15) is 5.56 Å². The lowest BCUT2D eigenvalue weighted by atomic mass is 10.1. The molecule has 2 aromatic carbocycles. The quantitative estimate of drug-likeness (QED) is 0.772. The smallest absolute Gasteiger partial charge is 0.240 e. The van der Waals surface area contributed by atoms with Crippen LogP contribution in [0.5, 0.6) is 0 Å². The van der Waals surface area contributed by atoms with E-state index in [1.54, 1.807) is 12.3 Å². The number of sulfonamides is 1. The van der Waals surface area contributed by atoms with Gasteiger partial charge in [0.1, 0.15) is 0 Å². The zero-order valence-electron chi connectivity index (χ0n) is 12.6. The number of nitrogens with zero attached hydrogens (tertiary/aromatic N) is 2. The van der Waals surface area contributed by atoms with Gasteiger partial charge in [-0.15, -0.1) is 0 Å². The molecule has 5 nitrogen and oxygen atoms in total. The second-order valence-electron chi connectivity index (χ2n) is 5.29. The van der Waals surface area contributed by atoms with Crippen molar-refractivity contribution in [3.05, 3.63) is 66.5 Å². The van der Waals surface area contributed by atoms with Crippen LogP contribution in [-0.2, 0) is 16.2 Å². The zero-order chi connectivity index (χ0) is 18.2. The summed E-state index contributed by atoms with van der Waals surface area (Å²) >= 11 is 0. The first kappa shape index (κ1) is 17.2. The molecule has 0 radical (unpaired) electrons. The first-order chi connectivity index (χ1) is 11.6. The Balaban J connectivity index is 1.93. The van der Waals surface area contributed by atoms with Gasteiger partial charge in [-0.2, -0.15) is 18.3 Å². The Hall–Kier alpha value is -2.65. The Morgan fingerprint density at radius 3 is 2.28 bits per heavy atom. The van der Waals surface area contributed by atoms with Gasteiger partial charge in [0.15, 0.2) is 0 Å². The van der Waals surface area contributed by atoms with Crippen molar-refractivity contribution >= 4 is 10.0 Å². The molecular weight excluding hydrogens is 355 g/mol. The van der Waals surface area contributed by atoms with Crippen molar-refractivity contribution in [2.24, 2.45) is 5.14 Å². The summed E-state index contributed by atoms with van der Waals surface area (Å²) < 4.78 is 62.3. The number of benzene rings is 2. The molecule has 0 amide bonds. The maximum atomic E-state index is 12.8. The molecule has 0 fully saturated rings. The van der Waals surface area contributed by atoms with Crippen molar-refractivity contribution in [2.45, 2.75) is 11.1 Å². The summed E-state index contributed by atoms with van der Waals surface area (Å²) in [6, 6.07) is 10.6. The fourth-order valence-corrected chi connectivity index (χ4v) is 2.79. The van der Waals surface area contributed by atoms with E-state index < -0.39 is 21.8 Å². The normalized spacial score (nSPS) is 12.3. The molecule has 0 bridgehead atoms. The van der Waals surface area contributed by atoms with Crippen molar-refractivity contribution < 1.29 is 21.6 Å².